The lowest BCUT2D eigenvalue weighted by Gasteiger charge is -2.27. The van der Waals surface area contributed by atoms with Crippen molar-refractivity contribution < 1.29 is 19.4 Å². The SMILES string of the molecule is CC1CC(C(=O)NC2(C(=O)O)CC2)CCO1. The van der Waals surface area contributed by atoms with Crippen LogP contribution < -0.4 is 5.32 Å². The predicted octanol–water partition coefficient (Wildman–Crippen LogP) is 0.535. The molecule has 1 saturated heterocycles. The first-order chi connectivity index (χ1) is 7.53. The van der Waals surface area contributed by atoms with E-state index < -0.39 is 11.5 Å². The topological polar surface area (TPSA) is 75.6 Å². The number of carboxylic acids is 1. The molecule has 0 spiro atoms. The summed E-state index contributed by atoms with van der Waals surface area (Å²) < 4.78 is 5.36. The van der Waals surface area contributed by atoms with Gasteiger partial charge < -0.3 is 15.2 Å². The van der Waals surface area contributed by atoms with Gasteiger partial charge in [0.15, 0.2) is 0 Å². The second-order valence-corrected chi connectivity index (χ2v) is 4.78. The summed E-state index contributed by atoms with van der Waals surface area (Å²) in [6, 6.07) is 0. The number of aliphatic carboxylic acids is 1. The molecule has 2 rings (SSSR count). The van der Waals surface area contributed by atoms with Crippen LogP contribution in [0.5, 0.6) is 0 Å². The molecule has 1 amide bonds. The molecular formula is C11H17NO4. The fraction of sp³-hybridized carbons (Fsp3) is 0.818. The summed E-state index contributed by atoms with van der Waals surface area (Å²) in [7, 11) is 0. The standard InChI is InChI=1S/C11H17NO4/c1-7-6-8(2-5-16-7)9(13)12-11(3-4-11)10(14)15/h7-8H,2-6H2,1H3,(H,12,13)(H,14,15). The van der Waals surface area contributed by atoms with Crippen LogP contribution in [0.4, 0.5) is 0 Å². The second-order valence-electron chi connectivity index (χ2n) is 4.78. The van der Waals surface area contributed by atoms with Crippen LogP contribution in [-0.2, 0) is 14.3 Å². The van der Waals surface area contributed by atoms with Gasteiger partial charge in [-0.3, -0.25) is 4.79 Å². The summed E-state index contributed by atoms with van der Waals surface area (Å²) in [5.74, 6) is -1.14. The maximum atomic E-state index is 11.9. The van der Waals surface area contributed by atoms with E-state index in [1.165, 1.54) is 0 Å². The molecule has 0 aromatic heterocycles. The van der Waals surface area contributed by atoms with Gasteiger partial charge in [0.2, 0.25) is 5.91 Å². The number of rotatable bonds is 3. The number of hydrogen-bond donors (Lipinski definition) is 2. The van der Waals surface area contributed by atoms with Crippen molar-refractivity contribution in [1.82, 2.24) is 5.32 Å². The number of ether oxygens (including phenoxy) is 1. The van der Waals surface area contributed by atoms with Crippen LogP contribution in [0.25, 0.3) is 0 Å². The lowest BCUT2D eigenvalue weighted by atomic mass is 9.95. The summed E-state index contributed by atoms with van der Waals surface area (Å²) in [5.41, 5.74) is -0.960. The van der Waals surface area contributed by atoms with Crippen LogP contribution in [0.3, 0.4) is 0 Å². The summed E-state index contributed by atoms with van der Waals surface area (Å²) in [6.07, 6.45) is 2.55. The third-order valence-corrected chi connectivity index (χ3v) is 3.38. The zero-order valence-electron chi connectivity index (χ0n) is 9.36. The van der Waals surface area contributed by atoms with Crippen LogP contribution in [0.15, 0.2) is 0 Å². The van der Waals surface area contributed by atoms with E-state index in [-0.39, 0.29) is 17.9 Å². The Balaban J connectivity index is 1.90. The Bertz CT molecular complexity index is 311. The zero-order chi connectivity index (χ0) is 11.8. The third-order valence-electron chi connectivity index (χ3n) is 3.38. The van der Waals surface area contributed by atoms with E-state index in [1.54, 1.807) is 0 Å². The molecule has 1 aliphatic heterocycles. The largest absolute Gasteiger partial charge is 0.480 e. The molecule has 2 unspecified atom stereocenters. The predicted molar refractivity (Wildman–Crippen MR) is 55.9 cm³/mol. The van der Waals surface area contributed by atoms with Gasteiger partial charge in [0.25, 0.3) is 0 Å². The fourth-order valence-corrected chi connectivity index (χ4v) is 2.09. The monoisotopic (exact) mass is 227 g/mol. The van der Waals surface area contributed by atoms with Crippen molar-refractivity contribution in [3.05, 3.63) is 0 Å². The van der Waals surface area contributed by atoms with E-state index in [1.807, 2.05) is 6.92 Å². The molecule has 0 radical (unpaired) electrons. The molecule has 90 valence electrons. The molecule has 16 heavy (non-hydrogen) atoms. The molecule has 5 heteroatoms. The Morgan fingerprint density at radius 1 is 1.44 bits per heavy atom. The van der Waals surface area contributed by atoms with Crippen molar-refractivity contribution in [1.29, 1.82) is 0 Å². The van der Waals surface area contributed by atoms with Crippen LogP contribution in [0.1, 0.15) is 32.6 Å². The maximum Gasteiger partial charge on any atom is 0.329 e. The van der Waals surface area contributed by atoms with Gasteiger partial charge in [0, 0.05) is 12.5 Å². The van der Waals surface area contributed by atoms with Crippen LogP contribution in [0.2, 0.25) is 0 Å². The van der Waals surface area contributed by atoms with Crippen LogP contribution in [-0.4, -0.2) is 35.2 Å². The molecule has 0 bridgehead atoms. The molecule has 2 fully saturated rings. The van der Waals surface area contributed by atoms with Gasteiger partial charge in [0.1, 0.15) is 5.54 Å². The molecule has 2 atom stereocenters. The highest BCUT2D eigenvalue weighted by molar-refractivity contribution is 5.90. The quantitative estimate of drug-likeness (QED) is 0.737. The highest BCUT2D eigenvalue weighted by Crippen LogP contribution is 2.36. The molecule has 0 aromatic rings. The summed E-state index contributed by atoms with van der Waals surface area (Å²) in [6.45, 7) is 2.52. The minimum Gasteiger partial charge on any atom is -0.480 e. The zero-order valence-corrected chi connectivity index (χ0v) is 9.36. The minimum absolute atomic E-state index is 0.0875. The first-order valence-corrected chi connectivity index (χ1v) is 5.70. The summed E-state index contributed by atoms with van der Waals surface area (Å²) in [5, 5.41) is 11.6. The lowest BCUT2D eigenvalue weighted by molar-refractivity contribution is -0.144. The molecule has 1 aliphatic carbocycles. The van der Waals surface area contributed by atoms with Gasteiger partial charge in [-0.1, -0.05) is 0 Å². The number of hydrogen-bond acceptors (Lipinski definition) is 3. The molecule has 1 heterocycles. The van der Waals surface area contributed by atoms with E-state index in [9.17, 15) is 9.59 Å². The van der Waals surface area contributed by atoms with Gasteiger partial charge in [-0.15, -0.1) is 0 Å². The Kier molecular flexibility index (Phi) is 2.88. The highest BCUT2D eigenvalue weighted by atomic mass is 16.5. The van der Waals surface area contributed by atoms with Crippen molar-refractivity contribution in [3.8, 4) is 0 Å². The summed E-state index contributed by atoms with van der Waals surface area (Å²) >= 11 is 0. The smallest absolute Gasteiger partial charge is 0.329 e. The highest BCUT2D eigenvalue weighted by Gasteiger charge is 2.52. The first-order valence-electron chi connectivity index (χ1n) is 5.70. The van der Waals surface area contributed by atoms with Crippen molar-refractivity contribution in [3.63, 3.8) is 0 Å². The van der Waals surface area contributed by atoms with E-state index in [0.29, 0.717) is 32.3 Å². The van der Waals surface area contributed by atoms with Crippen molar-refractivity contribution in [2.24, 2.45) is 5.92 Å². The fourth-order valence-electron chi connectivity index (χ4n) is 2.09. The van der Waals surface area contributed by atoms with E-state index in [2.05, 4.69) is 5.32 Å². The number of amides is 1. The maximum absolute atomic E-state index is 11.9. The first kappa shape index (κ1) is 11.4. The van der Waals surface area contributed by atoms with E-state index in [4.69, 9.17) is 9.84 Å². The summed E-state index contributed by atoms with van der Waals surface area (Å²) in [4.78, 5) is 22.8. The van der Waals surface area contributed by atoms with Crippen LogP contribution in [0, 0.1) is 5.92 Å². The van der Waals surface area contributed by atoms with E-state index >= 15 is 0 Å². The average molecular weight is 227 g/mol. The van der Waals surface area contributed by atoms with Gasteiger partial charge in [0.05, 0.1) is 6.10 Å². The molecule has 2 aliphatic rings. The second kappa shape index (κ2) is 4.05. The number of carbonyl (C=O) groups excluding carboxylic acids is 1. The Labute approximate surface area is 94.2 Å². The van der Waals surface area contributed by atoms with Gasteiger partial charge in [-0.25, -0.2) is 4.79 Å². The average Bonchev–Trinajstić information content (AvgIpc) is 2.99. The Morgan fingerprint density at radius 2 is 2.12 bits per heavy atom. The Hall–Kier alpha value is -1.10. The third kappa shape index (κ3) is 2.19. The molecule has 0 aromatic carbocycles. The molecule has 2 N–H and O–H groups in total. The molecule has 5 nitrogen and oxygen atoms in total. The number of carboxylic acid groups (broad SMARTS) is 1. The van der Waals surface area contributed by atoms with E-state index in [0.717, 1.165) is 0 Å². The Morgan fingerprint density at radius 3 is 2.62 bits per heavy atom. The van der Waals surface area contributed by atoms with Crippen molar-refractivity contribution in [2.45, 2.75) is 44.2 Å². The molecule has 1 saturated carbocycles. The minimum atomic E-state index is -0.960. The van der Waals surface area contributed by atoms with Crippen molar-refractivity contribution in [2.75, 3.05) is 6.61 Å². The normalized spacial score (nSPS) is 31.8. The number of nitrogens with one attached hydrogen (secondary N) is 1. The lowest BCUT2D eigenvalue weighted by Crippen LogP contribution is -2.47. The van der Waals surface area contributed by atoms with Gasteiger partial charge in [-0.2, -0.15) is 0 Å². The number of carbonyl (C=O) groups is 2. The van der Waals surface area contributed by atoms with Gasteiger partial charge >= 0.3 is 5.97 Å². The molecular weight excluding hydrogens is 210 g/mol. The van der Waals surface area contributed by atoms with Crippen LogP contribution >= 0.6 is 0 Å². The van der Waals surface area contributed by atoms with Crippen molar-refractivity contribution >= 4 is 11.9 Å². The van der Waals surface area contributed by atoms with Gasteiger partial charge in [-0.05, 0) is 32.6 Å².